The Balaban J connectivity index is 0.000000228. The van der Waals surface area contributed by atoms with Gasteiger partial charge in [-0.2, -0.15) is 0 Å². The normalized spacial score (nSPS) is 11.0. The summed E-state index contributed by atoms with van der Waals surface area (Å²) >= 11 is 0. The number of pyridine rings is 2. The summed E-state index contributed by atoms with van der Waals surface area (Å²) in [6.45, 7) is 1.99. The Morgan fingerprint density at radius 2 is 1.45 bits per heavy atom. The average Bonchev–Trinajstić information content (AvgIpc) is 3.70. The summed E-state index contributed by atoms with van der Waals surface area (Å²) in [6.07, 6.45) is 1.79. The van der Waals surface area contributed by atoms with Gasteiger partial charge in [-0.25, -0.2) is 4.98 Å². The third kappa shape index (κ3) is 5.40. The number of aromatic nitrogens is 4. The molecule has 9 rings (SSSR count). The predicted octanol–water partition coefficient (Wildman–Crippen LogP) is 9.93. The van der Waals surface area contributed by atoms with Gasteiger partial charge in [-0.1, -0.05) is 78.4 Å². The maximum Gasteiger partial charge on any atom is 0.169 e. The van der Waals surface area contributed by atoms with Gasteiger partial charge in [0.2, 0.25) is 0 Å². The van der Waals surface area contributed by atoms with Gasteiger partial charge < -0.3 is 14.0 Å². The molecule has 7 heteroatoms. The second-order valence-electron chi connectivity index (χ2n) is 10.8. The molecule has 1 radical (unpaired) electrons. The van der Waals surface area contributed by atoms with Gasteiger partial charge in [0.15, 0.2) is 5.65 Å². The summed E-state index contributed by atoms with van der Waals surface area (Å²) in [5.74, 6) is 0.235. The first-order chi connectivity index (χ1) is 22.7. The summed E-state index contributed by atoms with van der Waals surface area (Å²) in [5.41, 5.74) is 7.00. The van der Waals surface area contributed by atoms with Crippen LogP contribution in [0.5, 0.6) is 0 Å². The molecule has 0 fully saturated rings. The van der Waals surface area contributed by atoms with E-state index < -0.39 is 0 Å². The van der Waals surface area contributed by atoms with E-state index in [0.717, 1.165) is 44.3 Å². The van der Waals surface area contributed by atoms with E-state index in [2.05, 4.69) is 33.8 Å². The van der Waals surface area contributed by atoms with E-state index in [1.807, 2.05) is 116 Å². The Labute approximate surface area is 283 Å². The third-order valence-electron chi connectivity index (χ3n) is 8.00. The topological polar surface area (TPSA) is 56.7 Å². The molecule has 0 saturated carbocycles. The van der Waals surface area contributed by atoms with Gasteiger partial charge in [-0.3, -0.25) is 9.37 Å². The third-order valence-corrected chi connectivity index (χ3v) is 8.00. The predicted molar refractivity (Wildman–Crippen MR) is 181 cm³/mol. The molecular formula is C40H25FIrN4O-2. The number of hydrogen-bond donors (Lipinski definition) is 0. The Morgan fingerprint density at radius 1 is 0.723 bits per heavy atom. The SMILES string of the molecule is Cc1nc2nc(-c3[c-]cc(F)c4c3oc3ccccc34)n(-c3ccccc3)c2c2ccccc12.[Ir].[c-]1ccccc1-c1ccccn1. The van der Waals surface area contributed by atoms with Crippen molar-refractivity contribution in [1.29, 1.82) is 0 Å². The van der Waals surface area contributed by atoms with E-state index in [0.29, 0.717) is 33.6 Å². The first-order valence-corrected chi connectivity index (χ1v) is 14.9. The molecule has 0 amide bonds. The van der Waals surface area contributed by atoms with Crippen LogP contribution in [0.1, 0.15) is 5.69 Å². The molecule has 9 aromatic rings. The fourth-order valence-corrected chi connectivity index (χ4v) is 5.92. The van der Waals surface area contributed by atoms with Crippen LogP contribution in [0.2, 0.25) is 0 Å². The molecule has 0 atom stereocenters. The number of halogens is 1. The van der Waals surface area contributed by atoms with Gasteiger partial charge in [0.1, 0.15) is 5.58 Å². The van der Waals surface area contributed by atoms with Crippen LogP contribution >= 0.6 is 0 Å². The first kappa shape index (κ1) is 30.2. The molecule has 0 aliphatic rings. The summed E-state index contributed by atoms with van der Waals surface area (Å²) in [4.78, 5) is 14.0. The van der Waals surface area contributed by atoms with Crippen molar-refractivity contribution in [3.05, 3.63) is 157 Å². The van der Waals surface area contributed by atoms with Crippen molar-refractivity contribution in [3.8, 4) is 28.3 Å². The average molecular weight is 789 g/mol. The number of fused-ring (bicyclic) bond motifs is 6. The van der Waals surface area contributed by atoms with Crippen molar-refractivity contribution in [2.75, 3.05) is 0 Å². The number of imidazole rings is 1. The largest absolute Gasteiger partial charge is 0.500 e. The van der Waals surface area contributed by atoms with Crippen LogP contribution in [-0.4, -0.2) is 19.5 Å². The minimum Gasteiger partial charge on any atom is -0.500 e. The fraction of sp³-hybridized carbons (Fsp3) is 0.0250. The van der Waals surface area contributed by atoms with Crippen LogP contribution in [0.3, 0.4) is 0 Å². The quantitative estimate of drug-likeness (QED) is 0.167. The molecule has 0 N–H and O–H groups in total. The second kappa shape index (κ2) is 12.7. The Kier molecular flexibility index (Phi) is 8.17. The molecule has 229 valence electrons. The number of hydrogen-bond acceptors (Lipinski definition) is 4. The van der Waals surface area contributed by atoms with Crippen molar-refractivity contribution >= 4 is 43.9 Å². The molecule has 0 aliphatic heterocycles. The van der Waals surface area contributed by atoms with Crippen LogP contribution in [0.4, 0.5) is 4.39 Å². The number of aryl methyl sites for hydroxylation is 1. The Morgan fingerprint density at radius 3 is 2.21 bits per heavy atom. The monoisotopic (exact) mass is 789 g/mol. The molecule has 4 aromatic heterocycles. The van der Waals surface area contributed by atoms with E-state index in [4.69, 9.17) is 14.4 Å². The molecule has 5 nitrogen and oxygen atoms in total. The summed E-state index contributed by atoms with van der Waals surface area (Å²) < 4.78 is 23.2. The smallest absolute Gasteiger partial charge is 0.169 e. The molecular weight excluding hydrogens is 764 g/mol. The van der Waals surface area contributed by atoms with Gasteiger partial charge in [-0.05, 0) is 42.3 Å². The summed E-state index contributed by atoms with van der Waals surface area (Å²) in [6, 6.07) is 47.0. The molecule has 0 spiro atoms. The van der Waals surface area contributed by atoms with Crippen LogP contribution in [0.25, 0.3) is 72.2 Å². The molecule has 0 bridgehead atoms. The number of rotatable bonds is 3. The van der Waals surface area contributed by atoms with Crippen LogP contribution < -0.4 is 0 Å². The second-order valence-corrected chi connectivity index (χ2v) is 10.8. The maximum atomic E-state index is 15.0. The van der Waals surface area contributed by atoms with Crippen molar-refractivity contribution < 1.29 is 28.9 Å². The fourth-order valence-electron chi connectivity index (χ4n) is 5.92. The number of furan rings is 1. The van der Waals surface area contributed by atoms with E-state index in [1.165, 1.54) is 6.07 Å². The maximum absolute atomic E-state index is 15.0. The van der Waals surface area contributed by atoms with Crippen molar-refractivity contribution in [1.82, 2.24) is 19.5 Å². The van der Waals surface area contributed by atoms with Gasteiger partial charge in [-0.15, -0.1) is 48.0 Å². The number of benzene rings is 5. The van der Waals surface area contributed by atoms with Gasteiger partial charge in [0, 0.05) is 59.7 Å². The van der Waals surface area contributed by atoms with Crippen LogP contribution in [-0.2, 0) is 20.1 Å². The van der Waals surface area contributed by atoms with Gasteiger partial charge in [0.05, 0.1) is 16.9 Å². The van der Waals surface area contributed by atoms with Gasteiger partial charge in [0.25, 0.3) is 0 Å². The van der Waals surface area contributed by atoms with E-state index in [1.54, 1.807) is 6.20 Å². The van der Waals surface area contributed by atoms with E-state index >= 15 is 4.39 Å². The minimum absolute atomic E-state index is 0. The van der Waals surface area contributed by atoms with E-state index in [-0.39, 0.29) is 25.9 Å². The first-order valence-electron chi connectivity index (χ1n) is 14.9. The molecule has 47 heavy (non-hydrogen) atoms. The Hall–Kier alpha value is -5.49. The zero-order valence-corrected chi connectivity index (χ0v) is 27.5. The van der Waals surface area contributed by atoms with Crippen molar-refractivity contribution in [3.63, 3.8) is 0 Å². The molecule has 0 unspecified atom stereocenters. The summed E-state index contributed by atoms with van der Waals surface area (Å²) in [5, 5.41) is 3.28. The zero-order chi connectivity index (χ0) is 31.0. The van der Waals surface area contributed by atoms with Crippen LogP contribution in [0, 0.1) is 24.9 Å². The molecule has 0 aliphatic carbocycles. The van der Waals surface area contributed by atoms with Crippen molar-refractivity contribution in [2.24, 2.45) is 0 Å². The number of nitrogens with zero attached hydrogens (tertiary/aromatic N) is 4. The standard InChI is InChI=1S/C29H17FN3O.C11H8N.Ir/c1-17-19-11-5-6-12-20(19)26-28(31-17)32-29(33(26)18-9-3-2-4-10-18)22-15-16-23(30)25-21-13-7-8-14-24(21)34-27(22)25;1-2-6-10(7-3-1)11-8-4-5-9-12-11;/h2-14,16H,1H3;1-6,8-9H;/q2*-1;. The molecule has 4 heterocycles. The number of para-hydroxylation sites is 2. The van der Waals surface area contributed by atoms with Crippen LogP contribution in [0.15, 0.2) is 138 Å². The summed E-state index contributed by atoms with van der Waals surface area (Å²) in [7, 11) is 0. The van der Waals surface area contributed by atoms with Crippen molar-refractivity contribution in [2.45, 2.75) is 6.92 Å². The van der Waals surface area contributed by atoms with Gasteiger partial charge >= 0.3 is 0 Å². The molecule has 5 aromatic carbocycles. The zero-order valence-electron chi connectivity index (χ0n) is 25.1. The molecule has 0 saturated heterocycles. The van der Waals surface area contributed by atoms with E-state index in [9.17, 15) is 0 Å². The minimum atomic E-state index is -0.370. The Bertz CT molecular complexity index is 2460.